The molecule has 2 atom stereocenters. The van der Waals surface area contributed by atoms with Gasteiger partial charge in [-0.25, -0.2) is 0 Å². The van der Waals surface area contributed by atoms with E-state index >= 15 is 0 Å². The molecule has 0 aromatic heterocycles. The minimum atomic E-state index is 0.0922. The Morgan fingerprint density at radius 2 is 2.29 bits per heavy atom. The molecule has 0 radical (unpaired) electrons. The summed E-state index contributed by atoms with van der Waals surface area (Å²) >= 11 is 0. The highest BCUT2D eigenvalue weighted by Gasteiger charge is 2.20. The van der Waals surface area contributed by atoms with Gasteiger partial charge in [0.05, 0.1) is 12.6 Å². The first kappa shape index (κ1) is 12.8. The molecule has 2 saturated heterocycles. The van der Waals surface area contributed by atoms with Crippen molar-refractivity contribution in [2.24, 2.45) is 5.73 Å². The van der Waals surface area contributed by atoms with Gasteiger partial charge in [-0.2, -0.15) is 0 Å². The average Bonchev–Trinajstić information content (AvgIpc) is 2.79. The summed E-state index contributed by atoms with van der Waals surface area (Å²) in [6.07, 6.45) is 4.58. The largest absolute Gasteiger partial charge is 0.376 e. The number of amides is 1. The number of nitrogens with zero attached hydrogens (tertiary/aromatic N) is 1. The second-order valence-electron chi connectivity index (χ2n) is 5.08. The first-order valence-corrected chi connectivity index (χ1v) is 6.60. The van der Waals surface area contributed by atoms with Gasteiger partial charge < -0.3 is 15.8 Å². The molecule has 0 bridgehead atoms. The predicted octanol–water partition coefficient (Wildman–Crippen LogP) is -0.295. The summed E-state index contributed by atoms with van der Waals surface area (Å²) in [6.45, 7) is 3.79. The van der Waals surface area contributed by atoms with Crippen LogP contribution >= 0.6 is 0 Å². The van der Waals surface area contributed by atoms with E-state index in [9.17, 15) is 4.79 Å². The number of carbonyl (C=O) groups excluding carboxylic acids is 1. The van der Waals surface area contributed by atoms with Gasteiger partial charge in [-0.1, -0.05) is 0 Å². The Labute approximate surface area is 103 Å². The molecule has 0 spiro atoms. The zero-order valence-corrected chi connectivity index (χ0v) is 10.4. The second kappa shape index (κ2) is 6.33. The van der Waals surface area contributed by atoms with Gasteiger partial charge >= 0.3 is 0 Å². The minimum Gasteiger partial charge on any atom is -0.376 e. The van der Waals surface area contributed by atoms with Crippen molar-refractivity contribution >= 4 is 5.91 Å². The van der Waals surface area contributed by atoms with Crippen LogP contribution < -0.4 is 11.1 Å². The van der Waals surface area contributed by atoms with E-state index in [-0.39, 0.29) is 18.1 Å². The highest BCUT2D eigenvalue weighted by molar-refractivity contribution is 5.78. The smallest absolute Gasteiger partial charge is 0.234 e. The number of nitrogens with two attached hydrogens (primary N) is 1. The van der Waals surface area contributed by atoms with Crippen molar-refractivity contribution in [1.29, 1.82) is 0 Å². The van der Waals surface area contributed by atoms with Gasteiger partial charge in [0, 0.05) is 25.7 Å². The zero-order valence-electron chi connectivity index (χ0n) is 10.4. The Morgan fingerprint density at radius 3 is 3.00 bits per heavy atom. The van der Waals surface area contributed by atoms with Crippen molar-refractivity contribution in [2.75, 3.05) is 32.8 Å². The van der Waals surface area contributed by atoms with Crippen molar-refractivity contribution in [3.8, 4) is 0 Å². The summed E-state index contributed by atoms with van der Waals surface area (Å²) in [5.41, 5.74) is 5.88. The molecule has 0 aromatic carbocycles. The Morgan fingerprint density at radius 1 is 1.41 bits per heavy atom. The fourth-order valence-corrected chi connectivity index (χ4v) is 2.53. The molecule has 2 heterocycles. The maximum Gasteiger partial charge on any atom is 0.234 e. The molecule has 2 rings (SSSR count). The van der Waals surface area contributed by atoms with Crippen molar-refractivity contribution in [1.82, 2.24) is 10.2 Å². The van der Waals surface area contributed by atoms with Crippen LogP contribution in [0.25, 0.3) is 0 Å². The van der Waals surface area contributed by atoms with Gasteiger partial charge in [-0.05, 0) is 32.2 Å². The van der Waals surface area contributed by atoms with Crippen molar-refractivity contribution < 1.29 is 9.53 Å². The second-order valence-corrected chi connectivity index (χ2v) is 5.08. The first-order chi connectivity index (χ1) is 8.24. The molecule has 2 fully saturated rings. The zero-order chi connectivity index (χ0) is 12.1. The highest BCUT2D eigenvalue weighted by atomic mass is 16.5. The number of ether oxygens (including phenoxy) is 1. The average molecular weight is 241 g/mol. The van der Waals surface area contributed by atoms with Gasteiger partial charge in [-0.15, -0.1) is 0 Å². The molecule has 0 aliphatic carbocycles. The number of carbonyl (C=O) groups is 1. The lowest BCUT2D eigenvalue weighted by atomic mass is 10.1. The third kappa shape index (κ3) is 4.26. The van der Waals surface area contributed by atoms with Gasteiger partial charge in [0.2, 0.25) is 5.91 Å². The van der Waals surface area contributed by atoms with E-state index in [2.05, 4.69) is 10.2 Å². The van der Waals surface area contributed by atoms with Crippen molar-refractivity contribution in [3.05, 3.63) is 0 Å². The summed E-state index contributed by atoms with van der Waals surface area (Å²) < 4.78 is 5.46. The number of hydrogen-bond donors (Lipinski definition) is 2. The fourth-order valence-electron chi connectivity index (χ4n) is 2.53. The molecule has 17 heavy (non-hydrogen) atoms. The quantitative estimate of drug-likeness (QED) is 0.709. The molecule has 1 amide bonds. The van der Waals surface area contributed by atoms with Crippen LogP contribution in [0, 0.1) is 0 Å². The van der Waals surface area contributed by atoms with Gasteiger partial charge in [0.1, 0.15) is 0 Å². The summed E-state index contributed by atoms with van der Waals surface area (Å²) in [5.74, 6) is 0.0922. The van der Waals surface area contributed by atoms with Crippen LogP contribution in [-0.2, 0) is 9.53 Å². The van der Waals surface area contributed by atoms with E-state index in [1.54, 1.807) is 0 Å². The maximum absolute atomic E-state index is 11.7. The van der Waals surface area contributed by atoms with E-state index in [4.69, 9.17) is 10.5 Å². The van der Waals surface area contributed by atoms with E-state index in [1.807, 2.05) is 0 Å². The number of likely N-dealkylation sites (tertiary alicyclic amines) is 1. The number of rotatable bonds is 4. The lowest BCUT2D eigenvalue weighted by Crippen LogP contribution is -2.47. The van der Waals surface area contributed by atoms with Crippen LogP contribution in [0.1, 0.15) is 25.7 Å². The van der Waals surface area contributed by atoms with E-state index in [0.717, 1.165) is 45.4 Å². The molecule has 0 unspecified atom stereocenters. The molecule has 0 saturated carbocycles. The molecule has 5 heteroatoms. The minimum absolute atomic E-state index is 0.0922. The Kier molecular flexibility index (Phi) is 4.76. The normalized spacial score (nSPS) is 30.4. The van der Waals surface area contributed by atoms with Crippen molar-refractivity contribution in [2.45, 2.75) is 37.8 Å². The molecule has 0 aromatic rings. The standard InChI is InChI=1S/C12H23N3O2/c13-10-3-1-5-15(8-10)9-12(16)14-7-11-4-2-6-17-11/h10-11H,1-9,13H2,(H,14,16)/t10-,11+/m0/s1. The Hall–Kier alpha value is -0.650. The van der Waals surface area contributed by atoms with Crippen LogP contribution in [0.4, 0.5) is 0 Å². The maximum atomic E-state index is 11.7. The highest BCUT2D eigenvalue weighted by Crippen LogP contribution is 2.10. The van der Waals surface area contributed by atoms with Gasteiger partial charge in [0.15, 0.2) is 0 Å². The number of nitrogens with one attached hydrogen (secondary N) is 1. The van der Waals surface area contributed by atoms with Gasteiger partial charge in [0.25, 0.3) is 0 Å². The Bertz CT molecular complexity index is 254. The van der Waals surface area contributed by atoms with Crippen LogP contribution in [0.3, 0.4) is 0 Å². The molecular formula is C12H23N3O2. The molecule has 2 aliphatic rings. The summed E-state index contributed by atoms with van der Waals surface area (Å²) in [6, 6.07) is 0.231. The van der Waals surface area contributed by atoms with E-state index in [0.29, 0.717) is 13.1 Å². The summed E-state index contributed by atoms with van der Waals surface area (Å²) in [5, 5.41) is 2.94. The third-order valence-electron chi connectivity index (χ3n) is 3.46. The lowest BCUT2D eigenvalue weighted by Gasteiger charge is -2.30. The molecule has 5 nitrogen and oxygen atoms in total. The molecule has 3 N–H and O–H groups in total. The Balaban J connectivity index is 1.62. The molecule has 2 aliphatic heterocycles. The van der Waals surface area contributed by atoms with E-state index in [1.165, 1.54) is 0 Å². The topological polar surface area (TPSA) is 67.6 Å². The van der Waals surface area contributed by atoms with Crippen LogP contribution in [0.5, 0.6) is 0 Å². The molecule has 98 valence electrons. The fraction of sp³-hybridized carbons (Fsp3) is 0.917. The van der Waals surface area contributed by atoms with E-state index < -0.39 is 0 Å². The van der Waals surface area contributed by atoms with Gasteiger partial charge in [-0.3, -0.25) is 9.69 Å². The summed E-state index contributed by atoms with van der Waals surface area (Å²) in [4.78, 5) is 13.9. The van der Waals surface area contributed by atoms with Crippen LogP contribution in [0.15, 0.2) is 0 Å². The SMILES string of the molecule is N[C@H]1CCCN(CC(=O)NC[C@H]2CCCO2)C1. The monoisotopic (exact) mass is 241 g/mol. The number of hydrogen-bond acceptors (Lipinski definition) is 4. The van der Waals surface area contributed by atoms with Crippen molar-refractivity contribution in [3.63, 3.8) is 0 Å². The van der Waals surface area contributed by atoms with Crippen LogP contribution in [0.2, 0.25) is 0 Å². The molecular weight excluding hydrogens is 218 g/mol. The van der Waals surface area contributed by atoms with Crippen LogP contribution in [-0.4, -0.2) is 55.7 Å². The summed E-state index contributed by atoms with van der Waals surface area (Å²) in [7, 11) is 0. The third-order valence-corrected chi connectivity index (χ3v) is 3.46. The lowest BCUT2D eigenvalue weighted by molar-refractivity contribution is -0.123. The number of piperidine rings is 1. The predicted molar refractivity (Wildman–Crippen MR) is 65.6 cm³/mol. The first-order valence-electron chi connectivity index (χ1n) is 6.60.